The highest BCUT2D eigenvalue weighted by Crippen LogP contribution is 2.18. The zero-order valence-electron chi connectivity index (χ0n) is 15.4. The molecule has 1 aliphatic rings. The summed E-state index contributed by atoms with van der Waals surface area (Å²) in [6, 6.07) is 14.8. The highest BCUT2D eigenvalue weighted by atomic mass is 19.1. The Balaban J connectivity index is 1.28. The molecule has 0 atom stereocenters. The van der Waals surface area contributed by atoms with E-state index in [0.29, 0.717) is 11.7 Å². The van der Waals surface area contributed by atoms with E-state index < -0.39 is 0 Å². The zero-order valence-corrected chi connectivity index (χ0v) is 15.4. The standard InChI is InChI=1S/C21H23FN4O/c1-16-2-4-17(5-3-16)21-23-20(27-24-21)10-11-25-12-14-26(15-13-25)19-8-6-18(22)7-9-19/h2-9H,10-15H2,1H3. The van der Waals surface area contributed by atoms with Gasteiger partial charge in [-0.3, -0.25) is 4.90 Å². The summed E-state index contributed by atoms with van der Waals surface area (Å²) in [7, 11) is 0. The molecule has 6 heteroatoms. The molecule has 1 saturated heterocycles. The molecular weight excluding hydrogens is 343 g/mol. The zero-order chi connectivity index (χ0) is 18.6. The highest BCUT2D eigenvalue weighted by molar-refractivity contribution is 5.54. The minimum Gasteiger partial charge on any atom is -0.369 e. The number of benzene rings is 2. The topological polar surface area (TPSA) is 45.4 Å². The molecule has 5 nitrogen and oxygen atoms in total. The fourth-order valence-corrected chi connectivity index (χ4v) is 3.31. The Morgan fingerprint density at radius 1 is 0.963 bits per heavy atom. The molecule has 1 aliphatic heterocycles. The van der Waals surface area contributed by atoms with Crippen LogP contribution in [0.25, 0.3) is 11.4 Å². The van der Waals surface area contributed by atoms with Gasteiger partial charge in [0.15, 0.2) is 0 Å². The van der Waals surface area contributed by atoms with Crippen LogP contribution in [0.2, 0.25) is 0 Å². The van der Waals surface area contributed by atoms with E-state index in [-0.39, 0.29) is 5.82 Å². The van der Waals surface area contributed by atoms with Crippen molar-refractivity contribution in [1.29, 1.82) is 0 Å². The fraction of sp³-hybridized carbons (Fsp3) is 0.333. The molecule has 140 valence electrons. The number of rotatable bonds is 5. The van der Waals surface area contributed by atoms with Gasteiger partial charge in [-0.25, -0.2) is 4.39 Å². The summed E-state index contributed by atoms with van der Waals surface area (Å²) in [6.07, 6.45) is 0.745. The maximum atomic E-state index is 13.1. The van der Waals surface area contributed by atoms with Crippen LogP contribution < -0.4 is 4.90 Å². The molecule has 0 amide bonds. The van der Waals surface area contributed by atoms with E-state index in [1.165, 1.54) is 17.7 Å². The summed E-state index contributed by atoms with van der Waals surface area (Å²) in [5.41, 5.74) is 3.27. The van der Waals surface area contributed by atoms with E-state index >= 15 is 0 Å². The van der Waals surface area contributed by atoms with Gasteiger partial charge in [0.05, 0.1) is 0 Å². The summed E-state index contributed by atoms with van der Waals surface area (Å²) in [6.45, 7) is 6.76. The fourth-order valence-electron chi connectivity index (χ4n) is 3.31. The molecule has 0 saturated carbocycles. The largest absolute Gasteiger partial charge is 0.369 e. The SMILES string of the molecule is Cc1ccc(-c2noc(CCN3CCN(c4ccc(F)cc4)CC3)n2)cc1. The first-order valence-electron chi connectivity index (χ1n) is 9.30. The Morgan fingerprint density at radius 2 is 1.67 bits per heavy atom. The molecule has 4 rings (SSSR count). The molecule has 2 heterocycles. The second-order valence-corrected chi connectivity index (χ2v) is 6.93. The monoisotopic (exact) mass is 366 g/mol. The normalized spacial score (nSPS) is 15.3. The summed E-state index contributed by atoms with van der Waals surface area (Å²) in [4.78, 5) is 9.20. The van der Waals surface area contributed by atoms with Crippen LogP contribution in [-0.4, -0.2) is 47.8 Å². The van der Waals surface area contributed by atoms with Crippen molar-refractivity contribution in [1.82, 2.24) is 15.0 Å². The molecule has 0 unspecified atom stereocenters. The summed E-state index contributed by atoms with van der Waals surface area (Å²) < 4.78 is 18.5. The van der Waals surface area contributed by atoms with Gasteiger partial charge in [0, 0.05) is 50.4 Å². The van der Waals surface area contributed by atoms with Crippen molar-refractivity contribution in [3.8, 4) is 11.4 Å². The summed E-state index contributed by atoms with van der Waals surface area (Å²) in [5, 5.41) is 4.10. The number of aryl methyl sites for hydroxylation is 1. The third-order valence-corrected chi connectivity index (χ3v) is 4.98. The van der Waals surface area contributed by atoms with Gasteiger partial charge in [0.2, 0.25) is 11.7 Å². The smallest absolute Gasteiger partial charge is 0.228 e. The molecular formula is C21H23FN4O. The first kappa shape index (κ1) is 17.7. The summed E-state index contributed by atoms with van der Waals surface area (Å²) in [5.74, 6) is 1.12. The minimum atomic E-state index is -0.193. The average molecular weight is 366 g/mol. The molecule has 3 aromatic rings. The predicted molar refractivity (Wildman–Crippen MR) is 103 cm³/mol. The van der Waals surface area contributed by atoms with E-state index in [1.54, 1.807) is 0 Å². The molecule has 1 aromatic heterocycles. The Morgan fingerprint density at radius 3 is 2.37 bits per heavy atom. The van der Waals surface area contributed by atoms with Crippen molar-refractivity contribution in [2.45, 2.75) is 13.3 Å². The second-order valence-electron chi connectivity index (χ2n) is 6.93. The van der Waals surface area contributed by atoms with Crippen LogP contribution in [-0.2, 0) is 6.42 Å². The third-order valence-electron chi connectivity index (χ3n) is 4.98. The van der Waals surface area contributed by atoms with Crippen LogP contribution in [0.15, 0.2) is 53.1 Å². The van der Waals surface area contributed by atoms with E-state index in [9.17, 15) is 4.39 Å². The van der Waals surface area contributed by atoms with Crippen molar-refractivity contribution in [2.75, 3.05) is 37.6 Å². The molecule has 0 bridgehead atoms. The Hall–Kier alpha value is -2.73. The van der Waals surface area contributed by atoms with Gasteiger partial charge in [-0.1, -0.05) is 35.0 Å². The summed E-state index contributed by atoms with van der Waals surface area (Å²) >= 11 is 0. The molecule has 27 heavy (non-hydrogen) atoms. The third kappa shape index (κ3) is 4.34. The van der Waals surface area contributed by atoms with Crippen molar-refractivity contribution >= 4 is 5.69 Å². The lowest BCUT2D eigenvalue weighted by molar-refractivity contribution is 0.249. The van der Waals surface area contributed by atoms with Crippen molar-refractivity contribution in [3.63, 3.8) is 0 Å². The van der Waals surface area contributed by atoms with E-state index in [4.69, 9.17) is 4.52 Å². The number of nitrogens with zero attached hydrogens (tertiary/aromatic N) is 4. The maximum absolute atomic E-state index is 13.1. The van der Waals surface area contributed by atoms with Crippen molar-refractivity contribution < 1.29 is 8.91 Å². The quantitative estimate of drug-likeness (QED) is 0.691. The van der Waals surface area contributed by atoms with Crippen LogP contribution in [0.5, 0.6) is 0 Å². The second kappa shape index (κ2) is 7.88. The Bertz CT molecular complexity index is 868. The predicted octanol–water partition coefficient (Wildman–Crippen LogP) is 3.55. The molecule has 1 fully saturated rings. The number of anilines is 1. The van der Waals surface area contributed by atoms with Crippen LogP contribution >= 0.6 is 0 Å². The van der Waals surface area contributed by atoms with E-state index in [0.717, 1.165) is 50.4 Å². The lowest BCUT2D eigenvalue weighted by Crippen LogP contribution is -2.47. The minimum absolute atomic E-state index is 0.193. The van der Waals surface area contributed by atoms with E-state index in [1.807, 2.05) is 36.4 Å². The van der Waals surface area contributed by atoms with Crippen LogP contribution in [0.1, 0.15) is 11.5 Å². The van der Waals surface area contributed by atoms with Gasteiger partial charge in [-0.05, 0) is 31.2 Å². The number of halogens is 1. The Kier molecular flexibility index (Phi) is 5.16. The van der Waals surface area contributed by atoms with Gasteiger partial charge in [-0.15, -0.1) is 0 Å². The lowest BCUT2D eigenvalue weighted by atomic mass is 10.1. The van der Waals surface area contributed by atoms with Gasteiger partial charge in [0.1, 0.15) is 5.82 Å². The van der Waals surface area contributed by atoms with Crippen LogP contribution in [0.3, 0.4) is 0 Å². The van der Waals surface area contributed by atoms with Gasteiger partial charge >= 0.3 is 0 Å². The molecule has 0 radical (unpaired) electrons. The van der Waals surface area contributed by atoms with E-state index in [2.05, 4.69) is 26.9 Å². The maximum Gasteiger partial charge on any atom is 0.228 e. The number of hydrogen-bond acceptors (Lipinski definition) is 5. The number of piperazine rings is 1. The molecule has 0 spiro atoms. The van der Waals surface area contributed by atoms with Gasteiger partial charge in [-0.2, -0.15) is 4.98 Å². The van der Waals surface area contributed by atoms with Crippen LogP contribution in [0, 0.1) is 12.7 Å². The van der Waals surface area contributed by atoms with Gasteiger partial charge < -0.3 is 9.42 Å². The number of hydrogen-bond donors (Lipinski definition) is 0. The Labute approximate surface area is 158 Å². The highest BCUT2D eigenvalue weighted by Gasteiger charge is 2.18. The van der Waals surface area contributed by atoms with Crippen molar-refractivity contribution in [2.24, 2.45) is 0 Å². The molecule has 0 N–H and O–H groups in total. The number of aromatic nitrogens is 2. The average Bonchev–Trinajstić information content (AvgIpc) is 3.17. The lowest BCUT2D eigenvalue weighted by Gasteiger charge is -2.35. The molecule has 2 aromatic carbocycles. The first-order chi connectivity index (χ1) is 13.2. The van der Waals surface area contributed by atoms with Crippen molar-refractivity contribution in [3.05, 3.63) is 65.8 Å². The molecule has 0 aliphatic carbocycles. The first-order valence-corrected chi connectivity index (χ1v) is 9.30. The van der Waals surface area contributed by atoms with Gasteiger partial charge in [0.25, 0.3) is 0 Å². The van der Waals surface area contributed by atoms with Crippen LogP contribution in [0.4, 0.5) is 10.1 Å².